The van der Waals surface area contributed by atoms with Gasteiger partial charge < -0.3 is 5.73 Å². The van der Waals surface area contributed by atoms with Gasteiger partial charge in [0.25, 0.3) is 0 Å². The average Bonchev–Trinajstić information content (AvgIpc) is 3.18. The lowest BCUT2D eigenvalue weighted by Gasteiger charge is -2.28. The van der Waals surface area contributed by atoms with E-state index in [9.17, 15) is 0 Å². The molecule has 2 aliphatic rings. The summed E-state index contributed by atoms with van der Waals surface area (Å²) >= 11 is 0. The van der Waals surface area contributed by atoms with E-state index in [0.717, 1.165) is 18.2 Å². The van der Waals surface area contributed by atoms with E-state index in [4.69, 9.17) is 11.0 Å². The molecule has 0 amide bonds. The van der Waals surface area contributed by atoms with E-state index in [1.807, 2.05) is 12.1 Å². The monoisotopic (exact) mass is 241 g/mol. The standard InChI is InChI=1S/C15H19N3/c16-9-11-1-3-12(4-2-11)15-13(10-17)7-8-18(15)14-5-6-14/h1-4,13-15H,5-8,10,17H2. The summed E-state index contributed by atoms with van der Waals surface area (Å²) in [6.45, 7) is 1.94. The zero-order valence-corrected chi connectivity index (χ0v) is 10.5. The molecule has 1 aliphatic heterocycles. The Kier molecular flexibility index (Phi) is 3.07. The highest BCUT2D eigenvalue weighted by Crippen LogP contribution is 2.43. The maximum absolute atomic E-state index is 8.86. The van der Waals surface area contributed by atoms with Crippen molar-refractivity contribution in [3.05, 3.63) is 35.4 Å². The van der Waals surface area contributed by atoms with Crippen LogP contribution in [0.4, 0.5) is 0 Å². The highest BCUT2D eigenvalue weighted by molar-refractivity contribution is 5.33. The van der Waals surface area contributed by atoms with Crippen molar-refractivity contribution in [3.8, 4) is 6.07 Å². The minimum atomic E-state index is 0.468. The molecule has 1 aromatic carbocycles. The first-order valence-electron chi connectivity index (χ1n) is 6.79. The summed E-state index contributed by atoms with van der Waals surface area (Å²) in [5.74, 6) is 0.568. The van der Waals surface area contributed by atoms with Crippen molar-refractivity contribution in [1.29, 1.82) is 5.26 Å². The molecule has 1 saturated carbocycles. The van der Waals surface area contributed by atoms with Crippen molar-refractivity contribution in [2.75, 3.05) is 13.1 Å². The Morgan fingerprint density at radius 3 is 2.50 bits per heavy atom. The number of benzene rings is 1. The lowest BCUT2D eigenvalue weighted by atomic mass is 9.93. The molecule has 0 radical (unpaired) electrons. The minimum Gasteiger partial charge on any atom is -0.330 e. The molecule has 0 bridgehead atoms. The van der Waals surface area contributed by atoms with E-state index in [0.29, 0.717) is 12.0 Å². The Bertz CT molecular complexity index is 456. The number of nitrogens with zero attached hydrogens (tertiary/aromatic N) is 2. The molecule has 1 heterocycles. The topological polar surface area (TPSA) is 53.1 Å². The maximum Gasteiger partial charge on any atom is 0.0991 e. The van der Waals surface area contributed by atoms with Crippen LogP contribution in [0.3, 0.4) is 0 Å². The van der Waals surface area contributed by atoms with E-state index >= 15 is 0 Å². The number of nitriles is 1. The molecule has 18 heavy (non-hydrogen) atoms. The molecule has 2 fully saturated rings. The van der Waals surface area contributed by atoms with Crippen LogP contribution in [0.25, 0.3) is 0 Å². The van der Waals surface area contributed by atoms with Gasteiger partial charge in [0, 0.05) is 12.1 Å². The second kappa shape index (κ2) is 4.72. The summed E-state index contributed by atoms with van der Waals surface area (Å²) in [6.07, 6.45) is 3.88. The van der Waals surface area contributed by atoms with Gasteiger partial charge in [-0.25, -0.2) is 0 Å². The predicted octanol–water partition coefficient (Wildman–Crippen LogP) is 2.04. The fourth-order valence-electron chi connectivity index (χ4n) is 3.16. The van der Waals surface area contributed by atoms with Crippen LogP contribution in [0, 0.1) is 17.2 Å². The number of nitrogens with two attached hydrogens (primary N) is 1. The van der Waals surface area contributed by atoms with Gasteiger partial charge >= 0.3 is 0 Å². The van der Waals surface area contributed by atoms with Gasteiger partial charge in [-0.2, -0.15) is 5.26 Å². The third kappa shape index (κ3) is 2.03. The molecule has 1 aromatic rings. The van der Waals surface area contributed by atoms with Gasteiger partial charge in [0.2, 0.25) is 0 Å². The van der Waals surface area contributed by atoms with Crippen molar-refractivity contribution >= 4 is 0 Å². The molecule has 1 aliphatic carbocycles. The molecule has 2 N–H and O–H groups in total. The molecule has 0 spiro atoms. The van der Waals surface area contributed by atoms with Crippen molar-refractivity contribution < 1.29 is 0 Å². The Morgan fingerprint density at radius 1 is 1.22 bits per heavy atom. The van der Waals surface area contributed by atoms with Gasteiger partial charge in [-0.15, -0.1) is 0 Å². The van der Waals surface area contributed by atoms with E-state index in [-0.39, 0.29) is 0 Å². The van der Waals surface area contributed by atoms with Crippen molar-refractivity contribution in [3.63, 3.8) is 0 Å². The molecule has 0 aromatic heterocycles. The molecule has 2 atom stereocenters. The van der Waals surface area contributed by atoms with Crippen LogP contribution >= 0.6 is 0 Å². The van der Waals surface area contributed by atoms with Gasteiger partial charge in [0.1, 0.15) is 0 Å². The number of hydrogen-bond donors (Lipinski definition) is 1. The summed E-state index contributed by atoms with van der Waals surface area (Å²) in [5, 5.41) is 8.86. The quantitative estimate of drug-likeness (QED) is 0.881. The lowest BCUT2D eigenvalue weighted by molar-refractivity contribution is 0.220. The van der Waals surface area contributed by atoms with Gasteiger partial charge in [-0.3, -0.25) is 4.90 Å². The van der Waals surface area contributed by atoms with Crippen LogP contribution in [0.1, 0.15) is 36.4 Å². The average molecular weight is 241 g/mol. The summed E-state index contributed by atoms with van der Waals surface area (Å²) in [7, 11) is 0. The Labute approximate surface area is 108 Å². The van der Waals surface area contributed by atoms with Gasteiger partial charge in [-0.05, 0) is 56.0 Å². The normalized spacial score (nSPS) is 28.2. The van der Waals surface area contributed by atoms with E-state index < -0.39 is 0 Å². The van der Waals surface area contributed by atoms with Crippen molar-refractivity contribution in [2.24, 2.45) is 11.7 Å². The largest absolute Gasteiger partial charge is 0.330 e. The molecule has 1 saturated heterocycles. The highest BCUT2D eigenvalue weighted by Gasteiger charge is 2.41. The fourth-order valence-corrected chi connectivity index (χ4v) is 3.16. The Morgan fingerprint density at radius 2 is 1.94 bits per heavy atom. The second-order valence-electron chi connectivity index (χ2n) is 5.43. The second-order valence-corrected chi connectivity index (χ2v) is 5.43. The van der Waals surface area contributed by atoms with Crippen molar-refractivity contribution in [2.45, 2.75) is 31.3 Å². The maximum atomic E-state index is 8.86. The van der Waals surface area contributed by atoms with Crippen LogP contribution in [-0.4, -0.2) is 24.0 Å². The van der Waals surface area contributed by atoms with Gasteiger partial charge in [0.15, 0.2) is 0 Å². The van der Waals surface area contributed by atoms with Gasteiger partial charge in [0.05, 0.1) is 11.6 Å². The molecule has 3 nitrogen and oxygen atoms in total. The minimum absolute atomic E-state index is 0.468. The fraction of sp³-hybridized carbons (Fsp3) is 0.533. The number of rotatable bonds is 3. The van der Waals surface area contributed by atoms with Crippen LogP contribution in [0.15, 0.2) is 24.3 Å². The van der Waals surface area contributed by atoms with Crippen molar-refractivity contribution in [1.82, 2.24) is 4.90 Å². The summed E-state index contributed by atoms with van der Waals surface area (Å²) in [5.41, 5.74) is 7.98. The molecular weight excluding hydrogens is 222 g/mol. The Balaban J connectivity index is 1.87. The third-order valence-electron chi connectivity index (χ3n) is 4.26. The SMILES string of the molecule is N#Cc1ccc(C2C(CN)CCN2C2CC2)cc1. The number of likely N-dealkylation sites (tertiary alicyclic amines) is 1. The van der Waals surface area contributed by atoms with E-state index in [2.05, 4.69) is 23.1 Å². The van der Waals surface area contributed by atoms with Crippen LogP contribution < -0.4 is 5.73 Å². The first kappa shape index (κ1) is 11.7. The number of hydrogen-bond acceptors (Lipinski definition) is 3. The molecule has 3 rings (SSSR count). The zero-order chi connectivity index (χ0) is 12.5. The molecule has 3 heteroatoms. The van der Waals surface area contributed by atoms with Crippen LogP contribution in [0.5, 0.6) is 0 Å². The summed E-state index contributed by atoms with van der Waals surface area (Å²) in [6, 6.07) is 11.5. The van der Waals surface area contributed by atoms with Gasteiger partial charge in [-0.1, -0.05) is 12.1 Å². The molecule has 2 unspecified atom stereocenters. The summed E-state index contributed by atoms with van der Waals surface area (Å²) in [4.78, 5) is 2.62. The molecular formula is C15H19N3. The van der Waals surface area contributed by atoms with E-state index in [1.54, 1.807) is 0 Å². The van der Waals surface area contributed by atoms with E-state index in [1.165, 1.54) is 31.4 Å². The van der Waals surface area contributed by atoms with Crippen LogP contribution in [-0.2, 0) is 0 Å². The summed E-state index contributed by atoms with van der Waals surface area (Å²) < 4.78 is 0. The first-order valence-corrected chi connectivity index (χ1v) is 6.79. The predicted molar refractivity (Wildman–Crippen MR) is 70.8 cm³/mol. The van der Waals surface area contributed by atoms with Crippen LogP contribution in [0.2, 0.25) is 0 Å². The molecule has 94 valence electrons. The zero-order valence-electron chi connectivity index (χ0n) is 10.5. The highest BCUT2D eigenvalue weighted by atomic mass is 15.2. The Hall–Kier alpha value is -1.37. The lowest BCUT2D eigenvalue weighted by Crippen LogP contribution is -2.29. The third-order valence-corrected chi connectivity index (χ3v) is 4.26. The smallest absolute Gasteiger partial charge is 0.0991 e. The first-order chi connectivity index (χ1) is 8.83.